The van der Waals surface area contributed by atoms with Crippen molar-refractivity contribution in [2.45, 2.75) is 0 Å². The summed E-state index contributed by atoms with van der Waals surface area (Å²) in [5, 5.41) is 11.2. The van der Waals surface area contributed by atoms with Crippen LogP contribution < -0.4 is 10.1 Å². The molecule has 0 saturated heterocycles. The van der Waals surface area contributed by atoms with Gasteiger partial charge in [0.2, 0.25) is 0 Å². The highest BCUT2D eigenvalue weighted by Gasteiger charge is 2.15. The number of rotatable bonds is 6. The van der Waals surface area contributed by atoms with Crippen molar-refractivity contribution in [3.05, 3.63) is 100 Å². The lowest BCUT2D eigenvalue weighted by Gasteiger charge is -2.10. The maximum Gasteiger partial charge on any atom is 0.352 e. The summed E-state index contributed by atoms with van der Waals surface area (Å²) in [7, 11) is 0. The Bertz CT molecular complexity index is 1120. The summed E-state index contributed by atoms with van der Waals surface area (Å²) in [6.07, 6.45) is 1.25. The summed E-state index contributed by atoms with van der Waals surface area (Å²) in [6, 6.07) is 15.7. The number of hydrogen-bond donors (Lipinski definition) is 2. The van der Waals surface area contributed by atoms with E-state index in [4.69, 9.17) is 16.3 Å². The predicted molar refractivity (Wildman–Crippen MR) is 107 cm³/mol. The molecule has 0 fully saturated rings. The molecule has 5 nitrogen and oxygen atoms in total. The second-order valence-electron chi connectivity index (χ2n) is 6.03. The molecule has 0 saturated carbocycles. The van der Waals surface area contributed by atoms with Crippen LogP contribution in [-0.2, 0) is 4.79 Å². The number of carboxylic acid groups (broad SMARTS) is 1. The summed E-state index contributed by atoms with van der Waals surface area (Å²) < 4.78 is 32.6. The Morgan fingerprint density at radius 3 is 2.20 bits per heavy atom. The molecule has 3 rings (SSSR count). The minimum Gasteiger partial charge on any atom is -0.477 e. The van der Waals surface area contributed by atoms with Gasteiger partial charge in [0.25, 0.3) is 5.91 Å². The molecule has 0 unspecified atom stereocenters. The van der Waals surface area contributed by atoms with E-state index in [1.807, 2.05) is 0 Å². The lowest BCUT2D eigenvalue weighted by Crippen LogP contribution is -2.27. The van der Waals surface area contributed by atoms with Crippen molar-refractivity contribution in [3.8, 4) is 11.5 Å². The first-order valence-corrected chi connectivity index (χ1v) is 8.96. The van der Waals surface area contributed by atoms with Gasteiger partial charge >= 0.3 is 5.97 Å². The van der Waals surface area contributed by atoms with E-state index >= 15 is 0 Å². The van der Waals surface area contributed by atoms with E-state index in [1.54, 1.807) is 30.3 Å². The van der Waals surface area contributed by atoms with Gasteiger partial charge in [-0.2, -0.15) is 0 Å². The van der Waals surface area contributed by atoms with Crippen LogP contribution in [0.1, 0.15) is 15.9 Å². The largest absolute Gasteiger partial charge is 0.477 e. The van der Waals surface area contributed by atoms with Crippen LogP contribution in [0.15, 0.2) is 72.4 Å². The Morgan fingerprint density at radius 1 is 0.933 bits per heavy atom. The fraction of sp³-hybridized carbons (Fsp3) is 0. The highest BCUT2D eigenvalue weighted by atomic mass is 35.5. The van der Waals surface area contributed by atoms with Gasteiger partial charge in [0.15, 0.2) is 11.6 Å². The number of carboxylic acids is 1. The molecule has 0 aliphatic rings. The van der Waals surface area contributed by atoms with Crippen molar-refractivity contribution in [1.82, 2.24) is 5.32 Å². The molecule has 0 aromatic heterocycles. The van der Waals surface area contributed by atoms with Crippen LogP contribution in [0.3, 0.4) is 0 Å². The normalized spacial score (nSPS) is 11.1. The van der Waals surface area contributed by atoms with Crippen molar-refractivity contribution < 1.29 is 28.2 Å². The van der Waals surface area contributed by atoms with Crippen LogP contribution in [0, 0.1) is 11.6 Å². The molecule has 2 N–H and O–H groups in total. The zero-order valence-electron chi connectivity index (χ0n) is 15.2. The summed E-state index contributed by atoms with van der Waals surface area (Å²) in [6.45, 7) is 0. The third-order valence-corrected chi connectivity index (χ3v) is 4.28. The van der Waals surface area contributed by atoms with Crippen LogP contribution >= 0.6 is 11.6 Å². The Labute approximate surface area is 175 Å². The van der Waals surface area contributed by atoms with E-state index in [-0.39, 0.29) is 11.4 Å². The van der Waals surface area contributed by atoms with Gasteiger partial charge in [0.1, 0.15) is 22.3 Å². The molecule has 0 radical (unpaired) electrons. The van der Waals surface area contributed by atoms with Crippen molar-refractivity contribution in [2.24, 2.45) is 0 Å². The molecule has 0 heterocycles. The summed E-state index contributed by atoms with van der Waals surface area (Å²) in [5.41, 5.74) is 0.401. The first kappa shape index (κ1) is 21.0. The molecule has 3 aromatic carbocycles. The quantitative estimate of drug-likeness (QED) is 0.413. The van der Waals surface area contributed by atoms with E-state index in [1.165, 1.54) is 30.3 Å². The Kier molecular flexibility index (Phi) is 6.44. The Hall–Kier alpha value is -3.71. The highest BCUT2D eigenvalue weighted by molar-refractivity contribution is 6.32. The SMILES string of the molecule is O=C(O)/C(=C/c1ccc(Oc2c(F)ccc(F)c2Cl)cc1)NC(=O)c1ccccc1. The Balaban J connectivity index is 1.79. The number of aliphatic carboxylic acids is 1. The number of hydrogen-bond acceptors (Lipinski definition) is 3. The van der Waals surface area contributed by atoms with Gasteiger partial charge in [-0.05, 0) is 48.0 Å². The number of amides is 1. The standard InChI is InChI=1S/C22H14ClF2NO4/c23-19-16(24)10-11-17(25)20(19)30-15-8-6-13(7-9-15)12-18(22(28)29)26-21(27)14-4-2-1-3-5-14/h1-12H,(H,26,27)(H,28,29)/b18-12-. The van der Waals surface area contributed by atoms with Crippen molar-refractivity contribution >= 4 is 29.6 Å². The van der Waals surface area contributed by atoms with Crippen LogP contribution in [0.5, 0.6) is 11.5 Å². The molecule has 1 amide bonds. The number of nitrogens with one attached hydrogen (secondary N) is 1. The van der Waals surface area contributed by atoms with E-state index < -0.39 is 34.3 Å². The molecule has 0 atom stereocenters. The van der Waals surface area contributed by atoms with Gasteiger partial charge in [0.05, 0.1) is 0 Å². The molecule has 0 bridgehead atoms. The summed E-state index contributed by atoms with van der Waals surface area (Å²) in [4.78, 5) is 23.7. The maximum atomic E-state index is 13.8. The van der Waals surface area contributed by atoms with Crippen LogP contribution in [0.2, 0.25) is 5.02 Å². The molecule has 0 aliphatic heterocycles. The predicted octanol–water partition coefficient (Wildman–Crippen LogP) is 5.27. The average molecular weight is 430 g/mol. The van der Waals surface area contributed by atoms with Gasteiger partial charge in [-0.15, -0.1) is 0 Å². The molecule has 8 heteroatoms. The fourth-order valence-electron chi connectivity index (χ4n) is 2.45. The number of ether oxygens (including phenoxy) is 1. The monoisotopic (exact) mass is 429 g/mol. The molecule has 0 spiro atoms. The maximum absolute atomic E-state index is 13.8. The molecule has 3 aromatic rings. The minimum absolute atomic E-state index is 0.156. The third kappa shape index (κ3) is 5.01. The van der Waals surface area contributed by atoms with Gasteiger partial charge in [-0.3, -0.25) is 4.79 Å². The first-order chi connectivity index (χ1) is 14.3. The smallest absolute Gasteiger partial charge is 0.352 e. The van der Waals surface area contributed by atoms with Gasteiger partial charge in [-0.1, -0.05) is 41.9 Å². The minimum atomic E-state index is -1.33. The van der Waals surface area contributed by atoms with Crippen molar-refractivity contribution in [1.29, 1.82) is 0 Å². The lowest BCUT2D eigenvalue weighted by atomic mass is 10.1. The molecular formula is C22H14ClF2NO4. The van der Waals surface area contributed by atoms with E-state index in [0.29, 0.717) is 11.1 Å². The van der Waals surface area contributed by atoms with Crippen LogP contribution in [0.4, 0.5) is 8.78 Å². The number of carbonyl (C=O) groups is 2. The van der Waals surface area contributed by atoms with Gasteiger partial charge < -0.3 is 15.2 Å². The topological polar surface area (TPSA) is 75.6 Å². The fourth-order valence-corrected chi connectivity index (χ4v) is 2.65. The Morgan fingerprint density at radius 2 is 1.57 bits per heavy atom. The van der Waals surface area contributed by atoms with Gasteiger partial charge in [-0.25, -0.2) is 13.6 Å². The van der Waals surface area contributed by atoms with Crippen LogP contribution in [-0.4, -0.2) is 17.0 Å². The van der Waals surface area contributed by atoms with E-state index in [9.17, 15) is 23.5 Å². The molecule has 0 aliphatic carbocycles. The van der Waals surface area contributed by atoms with Crippen LogP contribution in [0.25, 0.3) is 6.08 Å². The molecule has 152 valence electrons. The van der Waals surface area contributed by atoms with E-state index in [2.05, 4.69) is 5.32 Å². The second-order valence-corrected chi connectivity index (χ2v) is 6.40. The third-order valence-electron chi connectivity index (χ3n) is 3.93. The second kappa shape index (κ2) is 9.19. The van der Waals surface area contributed by atoms with Crippen molar-refractivity contribution in [2.75, 3.05) is 0 Å². The highest BCUT2D eigenvalue weighted by Crippen LogP contribution is 2.34. The van der Waals surface area contributed by atoms with Gasteiger partial charge in [0, 0.05) is 5.56 Å². The molecule has 30 heavy (non-hydrogen) atoms. The zero-order chi connectivity index (χ0) is 21.7. The summed E-state index contributed by atoms with van der Waals surface area (Å²) >= 11 is 5.73. The number of carbonyl (C=O) groups excluding carboxylic acids is 1. The number of halogens is 3. The average Bonchev–Trinajstić information content (AvgIpc) is 2.75. The number of benzene rings is 3. The summed E-state index contributed by atoms with van der Waals surface area (Å²) in [5.74, 6) is -3.85. The first-order valence-electron chi connectivity index (χ1n) is 8.58. The molecular weight excluding hydrogens is 416 g/mol. The van der Waals surface area contributed by atoms with Crippen molar-refractivity contribution in [3.63, 3.8) is 0 Å². The zero-order valence-corrected chi connectivity index (χ0v) is 16.0. The van der Waals surface area contributed by atoms with E-state index in [0.717, 1.165) is 12.1 Å². The lowest BCUT2D eigenvalue weighted by molar-refractivity contribution is -0.132.